The number of carbonyl (C=O) groups excluding carboxylic acids is 1. The Labute approximate surface area is 160 Å². The third kappa shape index (κ3) is 3.73. The number of hydrogen-bond donors (Lipinski definition) is 2. The lowest BCUT2D eigenvalue weighted by atomic mass is 10.0. The fraction of sp³-hybridized carbons (Fsp3) is 0.235. The van der Waals surface area contributed by atoms with Crippen LogP contribution in [0.15, 0.2) is 29.4 Å². The van der Waals surface area contributed by atoms with Crippen molar-refractivity contribution in [1.82, 2.24) is 5.43 Å². The number of pyridine rings is 1. The van der Waals surface area contributed by atoms with E-state index in [1.165, 1.54) is 5.56 Å². The number of amides is 1. The molecule has 0 radical (unpaired) electrons. The number of hydrazone groups is 1. The predicted octanol–water partition coefficient (Wildman–Crippen LogP) is 3.90. The SMILES string of the molecule is Nc1c(Cl)c(Cl)[nH+]c(C(=O)N/N=C2/CCCCc3ccccc32)c1Cl. The van der Waals surface area contributed by atoms with Crippen molar-refractivity contribution in [3.63, 3.8) is 0 Å². The second-order valence-electron chi connectivity index (χ2n) is 5.72. The summed E-state index contributed by atoms with van der Waals surface area (Å²) in [5.74, 6) is -0.538. The van der Waals surface area contributed by atoms with Crippen LogP contribution in [0, 0.1) is 0 Å². The Hall–Kier alpha value is -1.82. The highest BCUT2D eigenvalue weighted by Crippen LogP contribution is 2.32. The molecule has 3 rings (SSSR count). The second kappa shape index (κ2) is 7.60. The Balaban J connectivity index is 1.89. The fourth-order valence-electron chi connectivity index (χ4n) is 2.78. The number of carbonyl (C=O) groups is 1. The smallest absolute Gasteiger partial charge is 0.337 e. The number of aromatic nitrogens is 1. The van der Waals surface area contributed by atoms with Gasteiger partial charge < -0.3 is 5.73 Å². The van der Waals surface area contributed by atoms with E-state index < -0.39 is 5.91 Å². The van der Waals surface area contributed by atoms with Crippen molar-refractivity contribution in [2.45, 2.75) is 25.7 Å². The van der Waals surface area contributed by atoms with Crippen molar-refractivity contribution in [1.29, 1.82) is 0 Å². The van der Waals surface area contributed by atoms with Crippen molar-refractivity contribution in [2.24, 2.45) is 5.10 Å². The number of nitrogen functional groups attached to an aromatic ring is 1. The summed E-state index contributed by atoms with van der Waals surface area (Å²) in [6.07, 6.45) is 3.90. The van der Waals surface area contributed by atoms with E-state index in [2.05, 4.69) is 21.6 Å². The summed E-state index contributed by atoms with van der Waals surface area (Å²) in [5, 5.41) is 4.43. The molecule has 5 nitrogen and oxygen atoms in total. The molecule has 1 aromatic carbocycles. The normalized spacial score (nSPS) is 15.6. The molecule has 1 aliphatic rings. The van der Waals surface area contributed by atoms with Gasteiger partial charge in [0.2, 0.25) is 0 Å². The predicted molar refractivity (Wildman–Crippen MR) is 100 cm³/mol. The zero-order valence-electron chi connectivity index (χ0n) is 13.2. The van der Waals surface area contributed by atoms with Crippen LogP contribution in [0.1, 0.15) is 40.9 Å². The Morgan fingerprint density at radius 2 is 1.84 bits per heavy atom. The topological polar surface area (TPSA) is 81.6 Å². The van der Waals surface area contributed by atoms with Crippen LogP contribution in [0.4, 0.5) is 5.69 Å². The van der Waals surface area contributed by atoms with Gasteiger partial charge in [-0.25, -0.2) is 5.43 Å². The van der Waals surface area contributed by atoms with E-state index in [4.69, 9.17) is 40.5 Å². The van der Waals surface area contributed by atoms with E-state index in [-0.39, 0.29) is 26.6 Å². The molecular formula is C17H16Cl3N4O+. The van der Waals surface area contributed by atoms with E-state index in [1.54, 1.807) is 0 Å². The van der Waals surface area contributed by atoms with Crippen LogP contribution in [-0.4, -0.2) is 11.6 Å². The minimum absolute atomic E-state index is 0.00775. The first-order valence-corrected chi connectivity index (χ1v) is 8.93. The molecule has 1 heterocycles. The number of anilines is 1. The summed E-state index contributed by atoms with van der Waals surface area (Å²) in [6.45, 7) is 0. The second-order valence-corrected chi connectivity index (χ2v) is 6.85. The standard InChI is InChI=1S/C17H15Cl3N4O/c18-12-14(21)13(19)16(20)22-15(12)17(25)24-23-11-8-4-2-6-9-5-1-3-7-10(9)11/h1,3,5,7H,2,4,6,8H2,(H2,21,22)(H,24,25)/p+1/b23-11-. The van der Waals surface area contributed by atoms with Crippen LogP contribution in [-0.2, 0) is 6.42 Å². The minimum Gasteiger partial charge on any atom is -0.396 e. The van der Waals surface area contributed by atoms with Gasteiger partial charge in [0, 0.05) is 5.56 Å². The Bertz CT molecular complexity index is 867. The number of benzene rings is 1. The van der Waals surface area contributed by atoms with Gasteiger partial charge in [-0.15, -0.1) is 0 Å². The maximum Gasteiger partial charge on any atom is 0.337 e. The van der Waals surface area contributed by atoms with Crippen LogP contribution in [0.2, 0.25) is 15.2 Å². The molecule has 0 fully saturated rings. The van der Waals surface area contributed by atoms with Crippen LogP contribution in [0.25, 0.3) is 0 Å². The number of hydrogen-bond acceptors (Lipinski definition) is 3. The average molecular weight is 399 g/mol. The van der Waals surface area contributed by atoms with E-state index in [1.807, 2.05) is 18.2 Å². The molecule has 1 aromatic heterocycles. The van der Waals surface area contributed by atoms with Gasteiger partial charge >= 0.3 is 5.91 Å². The van der Waals surface area contributed by atoms with Gasteiger partial charge in [-0.1, -0.05) is 47.5 Å². The lowest BCUT2D eigenvalue weighted by molar-refractivity contribution is -0.379. The number of halogens is 3. The number of rotatable bonds is 2. The molecule has 0 atom stereocenters. The maximum atomic E-state index is 12.4. The maximum absolute atomic E-state index is 12.4. The van der Waals surface area contributed by atoms with E-state index in [0.717, 1.165) is 37.0 Å². The Morgan fingerprint density at radius 1 is 1.12 bits per heavy atom. The van der Waals surface area contributed by atoms with Crippen LogP contribution >= 0.6 is 34.8 Å². The number of H-pyrrole nitrogens is 1. The van der Waals surface area contributed by atoms with Gasteiger partial charge in [0.15, 0.2) is 0 Å². The molecular weight excluding hydrogens is 383 g/mol. The number of aryl methyl sites for hydroxylation is 1. The van der Waals surface area contributed by atoms with E-state index >= 15 is 0 Å². The first-order valence-electron chi connectivity index (χ1n) is 7.79. The first-order chi connectivity index (χ1) is 12.0. The molecule has 2 aromatic rings. The number of nitrogens with zero attached hydrogens (tertiary/aromatic N) is 1. The third-order valence-corrected chi connectivity index (χ3v) is 5.24. The van der Waals surface area contributed by atoms with Gasteiger partial charge in [-0.2, -0.15) is 10.1 Å². The highest BCUT2D eigenvalue weighted by molar-refractivity contribution is 6.45. The summed E-state index contributed by atoms with van der Waals surface area (Å²) in [6, 6.07) is 8.07. The van der Waals surface area contributed by atoms with E-state index in [9.17, 15) is 4.79 Å². The van der Waals surface area contributed by atoms with Crippen molar-refractivity contribution in [3.8, 4) is 0 Å². The highest BCUT2D eigenvalue weighted by Gasteiger charge is 2.26. The van der Waals surface area contributed by atoms with Gasteiger partial charge in [-0.3, -0.25) is 4.79 Å². The molecule has 1 aliphatic carbocycles. The first kappa shape index (κ1) is 18.0. The van der Waals surface area contributed by atoms with Crippen molar-refractivity contribution in [3.05, 3.63) is 56.3 Å². The quantitative estimate of drug-likeness (QED) is 0.457. The van der Waals surface area contributed by atoms with Crippen molar-refractivity contribution in [2.75, 3.05) is 5.73 Å². The summed E-state index contributed by atoms with van der Waals surface area (Å²) in [4.78, 5) is 15.1. The molecule has 0 bridgehead atoms. The minimum atomic E-state index is -0.538. The number of nitrogens with two attached hydrogens (primary N) is 1. The number of aromatic amines is 1. The molecule has 25 heavy (non-hydrogen) atoms. The molecule has 0 unspecified atom stereocenters. The largest absolute Gasteiger partial charge is 0.396 e. The summed E-state index contributed by atoms with van der Waals surface area (Å²) >= 11 is 17.9. The van der Waals surface area contributed by atoms with E-state index in [0.29, 0.717) is 0 Å². The van der Waals surface area contributed by atoms with Crippen LogP contribution in [0.3, 0.4) is 0 Å². The molecule has 130 valence electrons. The molecule has 4 N–H and O–H groups in total. The molecule has 0 aliphatic heterocycles. The Morgan fingerprint density at radius 3 is 2.64 bits per heavy atom. The molecule has 0 saturated heterocycles. The number of fused-ring (bicyclic) bond motifs is 1. The van der Waals surface area contributed by atoms with Crippen LogP contribution in [0.5, 0.6) is 0 Å². The zero-order chi connectivity index (χ0) is 18.0. The summed E-state index contributed by atoms with van der Waals surface area (Å²) < 4.78 is 0. The lowest BCUT2D eigenvalue weighted by Crippen LogP contribution is -2.29. The number of nitrogens with one attached hydrogen (secondary N) is 2. The molecule has 1 amide bonds. The summed E-state index contributed by atoms with van der Waals surface area (Å²) in [7, 11) is 0. The third-order valence-electron chi connectivity index (χ3n) is 4.08. The highest BCUT2D eigenvalue weighted by atomic mass is 35.5. The van der Waals surface area contributed by atoms with Crippen molar-refractivity contribution >= 4 is 52.1 Å². The van der Waals surface area contributed by atoms with Gasteiger partial charge in [0.1, 0.15) is 10.0 Å². The Kier molecular flexibility index (Phi) is 5.47. The monoisotopic (exact) mass is 397 g/mol. The molecule has 0 saturated carbocycles. The van der Waals surface area contributed by atoms with Gasteiger partial charge in [0.05, 0.1) is 11.4 Å². The average Bonchev–Trinajstić information content (AvgIpc) is 2.83. The molecule has 0 spiro atoms. The molecule has 8 heteroatoms. The summed E-state index contributed by atoms with van der Waals surface area (Å²) in [5.41, 5.74) is 11.5. The van der Waals surface area contributed by atoms with Gasteiger partial charge in [-0.05, 0) is 42.8 Å². The zero-order valence-corrected chi connectivity index (χ0v) is 15.5. The van der Waals surface area contributed by atoms with Crippen molar-refractivity contribution < 1.29 is 9.78 Å². The van der Waals surface area contributed by atoms with Gasteiger partial charge in [0.25, 0.3) is 10.8 Å². The fourth-order valence-corrected chi connectivity index (χ4v) is 3.39. The lowest BCUT2D eigenvalue weighted by Gasteiger charge is -2.08. The van der Waals surface area contributed by atoms with Crippen LogP contribution < -0.4 is 16.1 Å².